The third-order valence-electron chi connectivity index (χ3n) is 4.20. The van der Waals surface area contributed by atoms with Crippen LogP contribution in [0.4, 0.5) is 0 Å². The van der Waals surface area contributed by atoms with Crippen LogP contribution in [-0.4, -0.2) is 29.1 Å². The summed E-state index contributed by atoms with van der Waals surface area (Å²) in [5.74, 6) is -0.750. The summed E-state index contributed by atoms with van der Waals surface area (Å²) in [5.41, 5.74) is 1.12. The normalized spacial score (nSPS) is 17.5. The first-order valence-corrected chi connectivity index (χ1v) is 8.89. The van der Waals surface area contributed by atoms with Gasteiger partial charge in [0.25, 0.3) is 0 Å². The summed E-state index contributed by atoms with van der Waals surface area (Å²) in [6, 6.07) is 9.41. The highest BCUT2D eigenvalue weighted by atomic mass is 16.6. The highest BCUT2D eigenvalue weighted by Crippen LogP contribution is 2.43. The van der Waals surface area contributed by atoms with Crippen molar-refractivity contribution in [3.63, 3.8) is 0 Å². The maximum Gasteiger partial charge on any atom is 0.308 e. The average molecular weight is 400 g/mol. The van der Waals surface area contributed by atoms with Crippen LogP contribution in [0.25, 0.3) is 0 Å². The molecule has 8 heteroatoms. The summed E-state index contributed by atoms with van der Waals surface area (Å²) in [6.07, 6.45) is -1.16. The molecule has 1 heterocycles. The summed E-state index contributed by atoms with van der Waals surface area (Å²) in [5, 5.41) is 10.3. The molecular weight excluding hydrogens is 380 g/mol. The molecule has 0 fully saturated rings. The van der Waals surface area contributed by atoms with Crippen molar-refractivity contribution in [2.24, 2.45) is 0 Å². The molecule has 1 N–H and O–H groups in total. The van der Waals surface area contributed by atoms with E-state index in [1.165, 1.54) is 32.9 Å². The molecule has 2 aromatic rings. The van der Waals surface area contributed by atoms with E-state index < -0.39 is 30.1 Å². The van der Waals surface area contributed by atoms with E-state index in [2.05, 4.69) is 0 Å². The van der Waals surface area contributed by atoms with Gasteiger partial charge >= 0.3 is 17.9 Å². The summed E-state index contributed by atoms with van der Waals surface area (Å²) >= 11 is 0. The molecule has 1 aliphatic heterocycles. The Morgan fingerprint density at radius 1 is 0.931 bits per heavy atom. The topological polar surface area (TPSA) is 108 Å². The van der Waals surface area contributed by atoms with Crippen LogP contribution in [0.2, 0.25) is 0 Å². The number of hydrogen-bond acceptors (Lipinski definition) is 8. The smallest absolute Gasteiger partial charge is 0.308 e. The van der Waals surface area contributed by atoms with Gasteiger partial charge in [0.05, 0.1) is 0 Å². The molecule has 0 radical (unpaired) electrons. The molecule has 3 rings (SSSR count). The molecule has 0 aromatic heterocycles. The number of esters is 3. The molecule has 0 saturated heterocycles. The molecule has 0 spiro atoms. The molecule has 2 aromatic carbocycles. The summed E-state index contributed by atoms with van der Waals surface area (Å²) in [6.45, 7) is 3.85. The van der Waals surface area contributed by atoms with E-state index in [1.54, 1.807) is 24.3 Å². The van der Waals surface area contributed by atoms with E-state index >= 15 is 0 Å². The maximum atomic E-state index is 11.6. The van der Waals surface area contributed by atoms with E-state index in [1.807, 2.05) is 0 Å². The second-order valence-electron chi connectivity index (χ2n) is 6.57. The number of carbonyl (C=O) groups is 3. The van der Waals surface area contributed by atoms with E-state index in [0.29, 0.717) is 22.6 Å². The van der Waals surface area contributed by atoms with Crippen molar-refractivity contribution in [2.45, 2.75) is 39.4 Å². The van der Waals surface area contributed by atoms with Gasteiger partial charge in [0.2, 0.25) is 0 Å². The number of rotatable bonds is 4. The van der Waals surface area contributed by atoms with Crippen molar-refractivity contribution in [3.05, 3.63) is 47.5 Å². The van der Waals surface area contributed by atoms with Crippen LogP contribution in [0, 0.1) is 0 Å². The van der Waals surface area contributed by atoms with Crippen molar-refractivity contribution >= 4 is 17.9 Å². The summed E-state index contributed by atoms with van der Waals surface area (Å²) in [4.78, 5) is 33.9. The molecular formula is C21H20O8. The fourth-order valence-electron chi connectivity index (χ4n) is 3.15. The number of phenols is 1. The Kier molecular flexibility index (Phi) is 5.72. The lowest BCUT2D eigenvalue weighted by Gasteiger charge is -2.33. The standard InChI is InChI=1S/C21H20O8/c1-11(22)26-15-6-4-14(5-7-15)21-20(28-13(3)24)10-17-18(25)8-16(27-12(2)23)9-19(17)29-21/h4-9,20-21,25H,10H2,1-3H3/t20-,21+/m0/s1. The van der Waals surface area contributed by atoms with E-state index in [-0.39, 0.29) is 17.9 Å². The maximum absolute atomic E-state index is 11.6. The van der Waals surface area contributed by atoms with Gasteiger partial charge in [0.15, 0.2) is 6.10 Å². The van der Waals surface area contributed by atoms with Crippen molar-refractivity contribution in [1.82, 2.24) is 0 Å². The number of phenolic OH excluding ortho intramolecular Hbond substituents is 1. The SMILES string of the molecule is CC(=O)Oc1ccc([C@H]2Oc3cc(OC(C)=O)cc(O)c3C[C@@H]2OC(C)=O)cc1. The molecule has 152 valence electrons. The van der Waals surface area contributed by atoms with Gasteiger partial charge in [-0.05, 0) is 17.7 Å². The van der Waals surface area contributed by atoms with Crippen LogP contribution in [0.5, 0.6) is 23.0 Å². The monoisotopic (exact) mass is 400 g/mol. The molecule has 0 amide bonds. The first-order chi connectivity index (χ1) is 13.7. The third kappa shape index (κ3) is 4.84. The van der Waals surface area contributed by atoms with Gasteiger partial charge in [-0.1, -0.05) is 12.1 Å². The molecule has 0 aliphatic carbocycles. The number of ether oxygens (including phenoxy) is 4. The largest absolute Gasteiger partial charge is 0.507 e. The second kappa shape index (κ2) is 8.22. The van der Waals surface area contributed by atoms with Gasteiger partial charge in [0, 0.05) is 44.9 Å². The number of benzene rings is 2. The number of hydrogen-bond donors (Lipinski definition) is 1. The third-order valence-corrected chi connectivity index (χ3v) is 4.20. The predicted molar refractivity (Wildman–Crippen MR) is 99.8 cm³/mol. The number of carbonyl (C=O) groups excluding carboxylic acids is 3. The van der Waals surface area contributed by atoms with Crippen molar-refractivity contribution in [2.75, 3.05) is 0 Å². The van der Waals surface area contributed by atoms with Crippen LogP contribution in [0.1, 0.15) is 38.0 Å². The minimum absolute atomic E-state index is 0.125. The predicted octanol–water partition coefficient (Wildman–Crippen LogP) is 2.85. The molecule has 0 saturated carbocycles. The lowest BCUT2D eigenvalue weighted by molar-refractivity contribution is -0.152. The number of fused-ring (bicyclic) bond motifs is 1. The Bertz CT molecular complexity index is 948. The Balaban J connectivity index is 1.95. The zero-order valence-electron chi connectivity index (χ0n) is 16.1. The summed E-state index contributed by atoms with van der Waals surface area (Å²) in [7, 11) is 0. The Morgan fingerprint density at radius 2 is 1.55 bits per heavy atom. The van der Waals surface area contributed by atoms with E-state index in [9.17, 15) is 19.5 Å². The zero-order chi connectivity index (χ0) is 21.1. The molecule has 0 bridgehead atoms. The fraction of sp³-hybridized carbons (Fsp3) is 0.286. The van der Waals surface area contributed by atoms with Crippen LogP contribution < -0.4 is 14.2 Å². The van der Waals surface area contributed by atoms with Crippen LogP contribution in [-0.2, 0) is 25.5 Å². The highest BCUT2D eigenvalue weighted by Gasteiger charge is 2.35. The van der Waals surface area contributed by atoms with Crippen LogP contribution in [0.3, 0.4) is 0 Å². The fourth-order valence-corrected chi connectivity index (χ4v) is 3.15. The minimum atomic E-state index is -0.690. The quantitative estimate of drug-likeness (QED) is 0.617. The molecule has 2 atom stereocenters. The van der Waals surface area contributed by atoms with Crippen molar-refractivity contribution in [3.8, 4) is 23.0 Å². The van der Waals surface area contributed by atoms with E-state index in [0.717, 1.165) is 0 Å². The van der Waals surface area contributed by atoms with Gasteiger partial charge < -0.3 is 24.1 Å². The van der Waals surface area contributed by atoms with E-state index in [4.69, 9.17) is 18.9 Å². The van der Waals surface area contributed by atoms with Gasteiger partial charge in [-0.15, -0.1) is 0 Å². The van der Waals surface area contributed by atoms with Crippen LogP contribution >= 0.6 is 0 Å². The minimum Gasteiger partial charge on any atom is -0.507 e. The zero-order valence-corrected chi connectivity index (χ0v) is 16.1. The molecule has 8 nitrogen and oxygen atoms in total. The Hall–Kier alpha value is -3.55. The molecule has 0 unspecified atom stereocenters. The Morgan fingerprint density at radius 3 is 2.14 bits per heavy atom. The highest BCUT2D eigenvalue weighted by molar-refractivity contribution is 5.70. The van der Waals surface area contributed by atoms with Crippen molar-refractivity contribution < 1.29 is 38.4 Å². The van der Waals surface area contributed by atoms with Crippen molar-refractivity contribution in [1.29, 1.82) is 0 Å². The lowest BCUT2D eigenvalue weighted by atomic mass is 9.93. The van der Waals surface area contributed by atoms with Crippen LogP contribution in [0.15, 0.2) is 36.4 Å². The number of aromatic hydroxyl groups is 1. The molecule has 1 aliphatic rings. The lowest BCUT2D eigenvalue weighted by Crippen LogP contribution is -2.34. The summed E-state index contributed by atoms with van der Waals surface area (Å²) < 4.78 is 21.5. The first kappa shape index (κ1) is 20.2. The second-order valence-corrected chi connectivity index (χ2v) is 6.57. The van der Waals surface area contributed by atoms with Gasteiger partial charge in [-0.25, -0.2) is 0 Å². The Labute approximate surface area is 167 Å². The van der Waals surface area contributed by atoms with Gasteiger partial charge in [-0.2, -0.15) is 0 Å². The first-order valence-electron chi connectivity index (χ1n) is 8.89. The van der Waals surface area contributed by atoms with Gasteiger partial charge in [0.1, 0.15) is 29.1 Å². The molecule has 29 heavy (non-hydrogen) atoms. The van der Waals surface area contributed by atoms with Gasteiger partial charge in [-0.3, -0.25) is 14.4 Å². The average Bonchev–Trinajstić information content (AvgIpc) is 2.61.